The van der Waals surface area contributed by atoms with Crippen molar-refractivity contribution in [1.29, 1.82) is 0 Å². The summed E-state index contributed by atoms with van der Waals surface area (Å²) in [6, 6.07) is 16.5. The van der Waals surface area contributed by atoms with E-state index in [4.69, 9.17) is 11.6 Å². The molecule has 1 amide bonds. The van der Waals surface area contributed by atoms with Crippen LogP contribution in [0.1, 0.15) is 12.5 Å². The number of halogens is 1. The highest BCUT2D eigenvalue weighted by Crippen LogP contribution is 2.25. The molecule has 1 fully saturated rings. The summed E-state index contributed by atoms with van der Waals surface area (Å²) in [6.07, 6.45) is 0. The molecule has 0 radical (unpaired) electrons. The van der Waals surface area contributed by atoms with Gasteiger partial charge in [-0.25, -0.2) is 0 Å². The Morgan fingerprint density at radius 3 is 2.28 bits per heavy atom. The van der Waals surface area contributed by atoms with Crippen molar-refractivity contribution in [3.8, 4) is 0 Å². The van der Waals surface area contributed by atoms with Gasteiger partial charge in [0.25, 0.3) is 5.91 Å². The fraction of sp³-hybridized carbons (Fsp3) is 0.435. The quantitative estimate of drug-likeness (QED) is 0.751. The van der Waals surface area contributed by atoms with Crippen molar-refractivity contribution < 1.29 is 9.69 Å². The Labute approximate surface area is 179 Å². The normalized spacial score (nSPS) is 15.3. The summed E-state index contributed by atoms with van der Waals surface area (Å²) in [5.41, 5.74) is 3.52. The standard InChI is InChI=1S/C23H31ClN4O/c1-4-26(17-19-9-11-20(12-10-19)25(2)3)18-23(29)28-15-13-27(14-16-28)22-8-6-5-7-21(22)24/h5-12H,4,13-18H2,1-3H3/p+1. The lowest BCUT2D eigenvalue weighted by Crippen LogP contribution is -3.11. The Balaban J connectivity index is 1.52. The summed E-state index contributed by atoms with van der Waals surface area (Å²) in [6.45, 7) is 7.63. The summed E-state index contributed by atoms with van der Waals surface area (Å²) >= 11 is 6.32. The molecular formula is C23H32ClN4O+. The smallest absolute Gasteiger partial charge is 0.277 e. The second-order valence-corrected chi connectivity index (χ2v) is 8.24. The molecule has 6 heteroatoms. The molecule has 0 aromatic heterocycles. The van der Waals surface area contributed by atoms with Crippen LogP contribution in [0, 0.1) is 0 Å². The van der Waals surface area contributed by atoms with Gasteiger partial charge in [0, 0.05) is 51.5 Å². The highest BCUT2D eigenvalue weighted by atomic mass is 35.5. The van der Waals surface area contributed by atoms with Gasteiger partial charge in [0.15, 0.2) is 6.54 Å². The van der Waals surface area contributed by atoms with E-state index in [1.54, 1.807) is 0 Å². The Morgan fingerprint density at radius 1 is 1.03 bits per heavy atom. The maximum absolute atomic E-state index is 12.9. The van der Waals surface area contributed by atoms with Gasteiger partial charge in [0.1, 0.15) is 6.54 Å². The lowest BCUT2D eigenvalue weighted by atomic mass is 10.2. The number of para-hydroxylation sites is 1. The Bertz CT molecular complexity index is 801. The van der Waals surface area contributed by atoms with E-state index in [0.29, 0.717) is 6.54 Å². The van der Waals surface area contributed by atoms with Crippen LogP contribution in [0.25, 0.3) is 0 Å². The number of piperazine rings is 1. The predicted octanol–water partition coefficient (Wildman–Crippen LogP) is 2.16. The fourth-order valence-electron chi connectivity index (χ4n) is 3.74. The van der Waals surface area contributed by atoms with Crippen molar-refractivity contribution in [1.82, 2.24) is 4.90 Å². The van der Waals surface area contributed by atoms with Crippen LogP contribution in [0.3, 0.4) is 0 Å². The molecule has 0 bridgehead atoms. The molecule has 3 rings (SSSR count). The maximum Gasteiger partial charge on any atom is 0.277 e. The number of amides is 1. The zero-order valence-corrected chi connectivity index (χ0v) is 18.5. The van der Waals surface area contributed by atoms with Gasteiger partial charge in [-0.1, -0.05) is 35.9 Å². The number of quaternary nitrogens is 1. The number of likely N-dealkylation sites (N-methyl/N-ethyl adjacent to an activating group) is 1. The first-order valence-electron chi connectivity index (χ1n) is 10.3. The first-order chi connectivity index (χ1) is 14.0. The van der Waals surface area contributed by atoms with E-state index < -0.39 is 0 Å². The van der Waals surface area contributed by atoms with Crippen LogP contribution in [0.15, 0.2) is 48.5 Å². The van der Waals surface area contributed by atoms with E-state index >= 15 is 0 Å². The highest BCUT2D eigenvalue weighted by molar-refractivity contribution is 6.33. The predicted molar refractivity (Wildman–Crippen MR) is 121 cm³/mol. The number of benzene rings is 2. The number of carbonyl (C=O) groups excluding carboxylic acids is 1. The van der Waals surface area contributed by atoms with Crippen molar-refractivity contribution in [3.05, 3.63) is 59.1 Å². The number of rotatable bonds is 7. The molecule has 0 aliphatic carbocycles. The first-order valence-corrected chi connectivity index (χ1v) is 10.7. The van der Waals surface area contributed by atoms with E-state index in [9.17, 15) is 4.79 Å². The molecule has 0 saturated carbocycles. The number of nitrogens with zero attached hydrogens (tertiary/aromatic N) is 3. The molecule has 2 aromatic rings. The molecule has 1 atom stereocenters. The van der Waals surface area contributed by atoms with Gasteiger partial charge in [0.05, 0.1) is 17.3 Å². The fourth-order valence-corrected chi connectivity index (χ4v) is 4.00. The number of anilines is 2. The average Bonchev–Trinajstić information content (AvgIpc) is 2.74. The largest absolute Gasteiger partial charge is 0.378 e. The zero-order valence-electron chi connectivity index (χ0n) is 17.7. The molecule has 1 N–H and O–H groups in total. The lowest BCUT2D eigenvalue weighted by molar-refractivity contribution is -0.904. The molecule has 1 saturated heterocycles. The second kappa shape index (κ2) is 9.99. The van der Waals surface area contributed by atoms with Crippen LogP contribution in [0.5, 0.6) is 0 Å². The minimum atomic E-state index is 0.241. The minimum absolute atomic E-state index is 0.241. The lowest BCUT2D eigenvalue weighted by Gasteiger charge is -2.36. The van der Waals surface area contributed by atoms with Crippen LogP contribution in [0.4, 0.5) is 11.4 Å². The zero-order chi connectivity index (χ0) is 20.8. The van der Waals surface area contributed by atoms with Crippen LogP contribution < -0.4 is 14.7 Å². The van der Waals surface area contributed by atoms with Crippen LogP contribution in [-0.4, -0.2) is 64.2 Å². The van der Waals surface area contributed by atoms with Crippen molar-refractivity contribution in [2.75, 3.05) is 63.2 Å². The van der Waals surface area contributed by atoms with Crippen molar-refractivity contribution >= 4 is 28.9 Å². The molecule has 5 nitrogen and oxygen atoms in total. The monoisotopic (exact) mass is 415 g/mol. The van der Waals surface area contributed by atoms with Crippen molar-refractivity contribution in [3.63, 3.8) is 0 Å². The number of hydrogen-bond acceptors (Lipinski definition) is 3. The van der Waals surface area contributed by atoms with E-state index in [2.05, 4.69) is 41.0 Å². The minimum Gasteiger partial charge on any atom is -0.378 e. The molecule has 1 unspecified atom stereocenters. The Hall–Kier alpha value is -2.24. The highest BCUT2D eigenvalue weighted by Gasteiger charge is 2.25. The van der Waals surface area contributed by atoms with Crippen molar-refractivity contribution in [2.24, 2.45) is 0 Å². The third kappa shape index (κ3) is 5.64. The van der Waals surface area contributed by atoms with Crippen molar-refractivity contribution in [2.45, 2.75) is 13.5 Å². The Kier molecular flexibility index (Phi) is 7.40. The van der Waals surface area contributed by atoms with Gasteiger partial charge in [0.2, 0.25) is 0 Å². The van der Waals surface area contributed by atoms with Gasteiger partial charge >= 0.3 is 0 Å². The van der Waals surface area contributed by atoms with E-state index in [1.165, 1.54) is 16.2 Å². The third-order valence-electron chi connectivity index (χ3n) is 5.63. The van der Waals surface area contributed by atoms with E-state index in [0.717, 1.165) is 50.0 Å². The Morgan fingerprint density at radius 2 is 1.69 bits per heavy atom. The molecule has 1 aliphatic rings. The van der Waals surface area contributed by atoms with Gasteiger partial charge < -0.3 is 19.6 Å². The second-order valence-electron chi connectivity index (χ2n) is 7.84. The number of hydrogen-bond donors (Lipinski definition) is 1. The summed E-state index contributed by atoms with van der Waals surface area (Å²) in [5.74, 6) is 0.241. The molecule has 29 heavy (non-hydrogen) atoms. The average molecular weight is 416 g/mol. The first kappa shape index (κ1) is 21.5. The van der Waals surface area contributed by atoms with Gasteiger partial charge in [-0.05, 0) is 31.2 Å². The molecule has 1 aliphatic heterocycles. The van der Waals surface area contributed by atoms with Gasteiger partial charge in [-0.15, -0.1) is 0 Å². The van der Waals surface area contributed by atoms with Gasteiger partial charge in [-0.2, -0.15) is 0 Å². The SMILES string of the molecule is CC[NH+](CC(=O)N1CCN(c2ccccc2Cl)CC1)Cc1ccc(N(C)C)cc1. The topological polar surface area (TPSA) is 31.2 Å². The maximum atomic E-state index is 12.9. The third-order valence-corrected chi connectivity index (χ3v) is 5.95. The van der Waals surface area contributed by atoms with E-state index in [1.807, 2.05) is 43.3 Å². The molecule has 2 aromatic carbocycles. The van der Waals surface area contributed by atoms with Crippen LogP contribution >= 0.6 is 11.6 Å². The summed E-state index contributed by atoms with van der Waals surface area (Å²) < 4.78 is 0. The van der Waals surface area contributed by atoms with E-state index in [-0.39, 0.29) is 5.91 Å². The van der Waals surface area contributed by atoms with Gasteiger partial charge in [-0.3, -0.25) is 4.79 Å². The molecular weight excluding hydrogens is 384 g/mol. The summed E-state index contributed by atoms with van der Waals surface area (Å²) in [7, 11) is 4.09. The number of carbonyl (C=O) groups is 1. The molecule has 1 heterocycles. The molecule has 0 spiro atoms. The van der Waals surface area contributed by atoms with Crippen LogP contribution in [-0.2, 0) is 11.3 Å². The van der Waals surface area contributed by atoms with Crippen LogP contribution in [0.2, 0.25) is 5.02 Å². The summed E-state index contributed by atoms with van der Waals surface area (Å²) in [4.78, 5) is 20.5. The summed E-state index contributed by atoms with van der Waals surface area (Å²) in [5, 5.41) is 0.772. The number of nitrogens with one attached hydrogen (secondary N) is 1. The molecule has 156 valence electrons.